The lowest BCUT2D eigenvalue weighted by molar-refractivity contribution is -0.137. The van der Waals surface area contributed by atoms with Crippen molar-refractivity contribution in [3.63, 3.8) is 0 Å². The van der Waals surface area contributed by atoms with Crippen LogP contribution in [0, 0.1) is 11.8 Å². The van der Waals surface area contributed by atoms with Gasteiger partial charge in [0.2, 0.25) is 35.4 Å². The average Bonchev–Trinajstić information content (AvgIpc) is 2.92. The lowest BCUT2D eigenvalue weighted by Crippen LogP contribution is -2.62. The van der Waals surface area contributed by atoms with E-state index in [2.05, 4.69) is 31.9 Å². The van der Waals surface area contributed by atoms with E-state index in [-0.39, 0.29) is 31.1 Å². The first-order valence-electron chi connectivity index (χ1n) is 14.7. The van der Waals surface area contributed by atoms with Gasteiger partial charge in [0.15, 0.2) is 0 Å². The van der Waals surface area contributed by atoms with Gasteiger partial charge in [-0.1, -0.05) is 58.0 Å². The molecule has 0 unspecified atom stereocenters. The van der Waals surface area contributed by atoms with Gasteiger partial charge in [-0.15, -0.1) is 0 Å². The molecule has 13 nitrogen and oxygen atoms in total. The smallest absolute Gasteiger partial charge is 0.245 e. The summed E-state index contributed by atoms with van der Waals surface area (Å²) in [4.78, 5) is 78.9. The standard InChI is InChI=1S/C30H46N6O7/c1-16(2)12-21-28(41)34-23(14-20-10-8-7-9-11-20)27(40)31-15-24(38)32-18(5)26(39)33-22(13-17(3)4)29(42)36-25(19(6)37)30(43)35-21/h7-11,16-19,21-23,25,37H,12-15H2,1-6H3,(H,31,40)(H,32,38)(H,33,39)(H,34,41)(H,35,43)(H,36,42)/t18-,19+,21-,22-,23-,25-/m0/s1. The van der Waals surface area contributed by atoms with Crippen LogP contribution >= 0.6 is 0 Å². The van der Waals surface area contributed by atoms with Gasteiger partial charge < -0.3 is 37.0 Å². The third-order valence-electron chi connectivity index (χ3n) is 6.85. The van der Waals surface area contributed by atoms with Crippen LogP contribution in [0.2, 0.25) is 0 Å². The second kappa shape index (κ2) is 16.6. The minimum Gasteiger partial charge on any atom is -0.391 e. The molecule has 43 heavy (non-hydrogen) atoms. The summed E-state index contributed by atoms with van der Waals surface area (Å²) in [5, 5.41) is 25.9. The fraction of sp³-hybridized carbons (Fsp3) is 0.600. The van der Waals surface area contributed by atoms with E-state index >= 15 is 0 Å². The Kier molecular flexibility index (Phi) is 13.6. The number of rotatable bonds is 7. The van der Waals surface area contributed by atoms with Gasteiger partial charge in [-0.25, -0.2) is 0 Å². The molecule has 1 aromatic carbocycles. The Morgan fingerprint density at radius 2 is 1.19 bits per heavy atom. The number of hydrogen-bond acceptors (Lipinski definition) is 7. The third-order valence-corrected chi connectivity index (χ3v) is 6.85. The van der Waals surface area contributed by atoms with Gasteiger partial charge in [0.05, 0.1) is 12.6 Å². The Bertz CT molecular complexity index is 1140. The number of carbonyl (C=O) groups excluding carboxylic acids is 6. The Labute approximate surface area is 252 Å². The Hall–Kier alpha value is -4.00. The Morgan fingerprint density at radius 1 is 0.674 bits per heavy atom. The molecule has 0 aliphatic carbocycles. The number of carbonyl (C=O) groups is 6. The van der Waals surface area contributed by atoms with Gasteiger partial charge in [-0.05, 0) is 44.1 Å². The van der Waals surface area contributed by atoms with Crippen molar-refractivity contribution in [2.45, 2.75) is 97.1 Å². The van der Waals surface area contributed by atoms with E-state index in [1.165, 1.54) is 13.8 Å². The first-order chi connectivity index (χ1) is 20.2. The van der Waals surface area contributed by atoms with Crippen LogP contribution in [0.4, 0.5) is 0 Å². The molecular weight excluding hydrogens is 556 g/mol. The third kappa shape index (κ3) is 11.7. The van der Waals surface area contributed by atoms with Crippen LogP contribution in [0.15, 0.2) is 30.3 Å². The zero-order chi connectivity index (χ0) is 32.3. The molecule has 2 rings (SSSR count). The highest BCUT2D eigenvalue weighted by atomic mass is 16.3. The maximum atomic E-state index is 13.5. The van der Waals surface area contributed by atoms with Crippen LogP contribution in [-0.2, 0) is 35.2 Å². The first kappa shape index (κ1) is 35.2. The maximum absolute atomic E-state index is 13.5. The molecule has 7 N–H and O–H groups in total. The SMILES string of the molecule is CC(C)C[C@@H]1NC(=O)[C@H](C)NC(=O)CNC(=O)[C@H](Cc2ccccc2)NC(=O)[C@H](CC(C)C)NC(=O)[C@H]([C@@H](C)O)NC1=O. The van der Waals surface area contributed by atoms with Crippen molar-refractivity contribution in [3.05, 3.63) is 35.9 Å². The molecule has 1 fully saturated rings. The summed E-state index contributed by atoms with van der Waals surface area (Å²) in [6.45, 7) is 9.68. The van der Waals surface area contributed by atoms with Crippen molar-refractivity contribution in [3.8, 4) is 0 Å². The number of aliphatic hydroxyl groups is 1. The highest BCUT2D eigenvalue weighted by molar-refractivity contribution is 5.97. The minimum atomic E-state index is -1.44. The van der Waals surface area contributed by atoms with E-state index in [9.17, 15) is 33.9 Å². The van der Waals surface area contributed by atoms with E-state index in [0.717, 1.165) is 5.56 Å². The van der Waals surface area contributed by atoms with Crippen LogP contribution in [0.1, 0.15) is 59.9 Å². The van der Waals surface area contributed by atoms with Crippen molar-refractivity contribution in [2.75, 3.05) is 6.54 Å². The zero-order valence-corrected chi connectivity index (χ0v) is 25.7. The summed E-state index contributed by atoms with van der Waals surface area (Å²) in [5.74, 6) is -4.16. The molecule has 1 saturated heterocycles. The second-order valence-corrected chi connectivity index (χ2v) is 11.9. The van der Waals surface area contributed by atoms with E-state index in [4.69, 9.17) is 0 Å². The fourth-order valence-electron chi connectivity index (χ4n) is 4.60. The molecule has 1 aliphatic rings. The van der Waals surface area contributed by atoms with Crippen molar-refractivity contribution < 1.29 is 33.9 Å². The first-order valence-corrected chi connectivity index (χ1v) is 14.7. The predicted octanol–water partition coefficient (Wildman–Crippen LogP) is -0.724. The molecule has 0 radical (unpaired) electrons. The lowest BCUT2D eigenvalue weighted by Gasteiger charge is -2.29. The summed E-state index contributed by atoms with van der Waals surface area (Å²) in [6.07, 6.45) is -0.833. The molecule has 6 amide bonds. The molecule has 0 saturated carbocycles. The molecular formula is C30H46N6O7. The Balaban J connectivity index is 2.47. The zero-order valence-electron chi connectivity index (χ0n) is 25.7. The summed E-state index contributed by atoms with van der Waals surface area (Å²) in [7, 11) is 0. The van der Waals surface area contributed by atoms with Crippen molar-refractivity contribution in [1.29, 1.82) is 0 Å². The molecule has 1 aliphatic heterocycles. The maximum Gasteiger partial charge on any atom is 0.245 e. The largest absolute Gasteiger partial charge is 0.391 e. The molecule has 0 aromatic heterocycles. The molecule has 13 heteroatoms. The highest BCUT2D eigenvalue weighted by Gasteiger charge is 2.34. The van der Waals surface area contributed by atoms with Gasteiger partial charge in [0, 0.05) is 6.42 Å². The van der Waals surface area contributed by atoms with Crippen molar-refractivity contribution in [1.82, 2.24) is 31.9 Å². The number of nitrogens with one attached hydrogen (secondary N) is 6. The molecule has 238 valence electrons. The second-order valence-electron chi connectivity index (χ2n) is 11.9. The molecule has 1 heterocycles. The molecule has 1 aromatic rings. The van der Waals surface area contributed by atoms with E-state index in [1.807, 2.05) is 33.8 Å². The van der Waals surface area contributed by atoms with Crippen LogP contribution in [0.25, 0.3) is 0 Å². The summed E-state index contributed by atoms with van der Waals surface area (Å²) in [6, 6.07) is 3.17. The van der Waals surface area contributed by atoms with Crippen molar-refractivity contribution >= 4 is 35.4 Å². The van der Waals surface area contributed by atoms with E-state index < -0.39 is 78.3 Å². The summed E-state index contributed by atoms with van der Waals surface area (Å²) in [5.41, 5.74) is 0.747. The molecule has 0 bridgehead atoms. The fourth-order valence-corrected chi connectivity index (χ4v) is 4.60. The quantitative estimate of drug-likeness (QED) is 0.214. The summed E-state index contributed by atoms with van der Waals surface area (Å²) >= 11 is 0. The van der Waals surface area contributed by atoms with Crippen LogP contribution < -0.4 is 31.9 Å². The monoisotopic (exact) mass is 602 g/mol. The topological polar surface area (TPSA) is 195 Å². The summed E-state index contributed by atoms with van der Waals surface area (Å²) < 4.78 is 0. The number of aliphatic hydroxyl groups excluding tert-OH is 1. The van der Waals surface area contributed by atoms with E-state index in [1.54, 1.807) is 24.3 Å². The molecule has 6 atom stereocenters. The average molecular weight is 603 g/mol. The van der Waals surface area contributed by atoms with Gasteiger partial charge in [-0.3, -0.25) is 28.8 Å². The molecule has 0 spiro atoms. The van der Waals surface area contributed by atoms with Gasteiger partial charge in [0.25, 0.3) is 0 Å². The van der Waals surface area contributed by atoms with Crippen molar-refractivity contribution in [2.24, 2.45) is 11.8 Å². The van der Waals surface area contributed by atoms with Crippen LogP contribution in [0.3, 0.4) is 0 Å². The minimum absolute atomic E-state index is 0.0317. The predicted molar refractivity (Wildman–Crippen MR) is 159 cm³/mol. The lowest BCUT2D eigenvalue weighted by atomic mass is 9.99. The Morgan fingerprint density at radius 3 is 1.72 bits per heavy atom. The van der Waals surface area contributed by atoms with Gasteiger partial charge in [0.1, 0.15) is 30.2 Å². The van der Waals surface area contributed by atoms with Crippen LogP contribution in [-0.4, -0.2) is 83.4 Å². The number of hydrogen-bond donors (Lipinski definition) is 7. The number of benzene rings is 1. The van der Waals surface area contributed by atoms with Gasteiger partial charge in [-0.2, -0.15) is 0 Å². The normalized spacial score (nSPS) is 25.8. The number of amides is 6. The highest BCUT2D eigenvalue weighted by Crippen LogP contribution is 2.10. The van der Waals surface area contributed by atoms with E-state index in [0.29, 0.717) is 0 Å². The van der Waals surface area contributed by atoms with Crippen LogP contribution in [0.5, 0.6) is 0 Å². The van der Waals surface area contributed by atoms with Gasteiger partial charge >= 0.3 is 0 Å².